The van der Waals surface area contributed by atoms with Gasteiger partial charge in [0.15, 0.2) is 0 Å². The van der Waals surface area contributed by atoms with Crippen LogP contribution in [0.4, 0.5) is 11.4 Å². The van der Waals surface area contributed by atoms with Crippen LogP contribution in [0.5, 0.6) is 0 Å². The van der Waals surface area contributed by atoms with Gasteiger partial charge in [-0.25, -0.2) is 0 Å². The SMILES string of the molecule is CC(=O)N1CCc2cc(NC(=O)C3CC=CCC3)ccc21. The molecule has 2 aliphatic rings. The Bertz CT molecular complexity index is 607. The molecule has 1 N–H and O–H groups in total. The van der Waals surface area contributed by atoms with E-state index in [4.69, 9.17) is 0 Å². The number of nitrogens with zero attached hydrogens (tertiary/aromatic N) is 1. The second-order valence-corrected chi connectivity index (χ2v) is 5.73. The van der Waals surface area contributed by atoms with E-state index in [0.29, 0.717) is 0 Å². The first-order chi connectivity index (χ1) is 10.1. The summed E-state index contributed by atoms with van der Waals surface area (Å²) in [5.74, 6) is 0.247. The number of fused-ring (bicyclic) bond motifs is 1. The number of amides is 2. The maximum absolute atomic E-state index is 12.2. The molecule has 0 saturated heterocycles. The molecule has 1 unspecified atom stereocenters. The third kappa shape index (κ3) is 2.84. The summed E-state index contributed by atoms with van der Waals surface area (Å²) in [4.78, 5) is 25.5. The van der Waals surface area contributed by atoms with Crippen LogP contribution >= 0.6 is 0 Å². The Kier molecular flexibility index (Phi) is 3.78. The Morgan fingerprint density at radius 3 is 2.86 bits per heavy atom. The van der Waals surface area contributed by atoms with Crippen LogP contribution in [0.1, 0.15) is 31.7 Å². The Morgan fingerprint density at radius 1 is 1.29 bits per heavy atom. The minimum absolute atomic E-state index is 0.0690. The Hall–Kier alpha value is -2.10. The van der Waals surface area contributed by atoms with Crippen molar-refractivity contribution in [2.45, 2.75) is 32.6 Å². The van der Waals surface area contributed by atoms with Gasteiger partial charge < -0.3 is 10.2 Å². The van der Waals surface area contributed by atoms with Crippen LogP contribution in [-0.4, -0.2) is 18.4 Å². The van der Waals surface area contributed by atoms with E-state index < -0.39 is 0 Å². The molecule has 110 valence electrons. The zero-order valence-electron chi connectivity index (χ0n) is 12.3. The highest BCUT2D eigenvalue weighted by molar-refractivity contribution is 5.96. The van der Waals surface area contributed by atoms with Crippen molar-refractivity contribution in [3.05, 3.63) is 35.9 Å². The van der Waals surface area contributed by atoms with Crippen LogP contribution in [0.3, 0.4) is 0 Å². The van der Waals surface area contributed by atoms with Crippen LogP contribution in [0.15, 0.2) is 30.4 Å². The third-order valence-corrected chi connectivity index (χ3v) is 4.26. The minimum atomic E-state index is 0.0690. The van der Waals surface area contributed by atoms with E-state index in [-0.39, 0.29) is 17.7 Å². The predicted molar refractivity (Wildman–Crippen MR) is 83.3 cm³/mol. The first-order valence-corrected chi connectivity index (χ1v) is 7.52. The van der Waals surface area contributed by atoms with E-state index in [0.717, 1.165) is 49.2 Å². The van der Waals surface area contributed by atoms with Crippen LogP contribution in [-0.2, 0) is 16.0 Å². The highest BCUT2D eigenvalue weighted by atomic mass is 16.2. The standard InChI is InChI=1S/C17H20N2O2/c1-12(20)19-10-9-14-11-15(7-8-16(14)19)18-17(21)13-5-3-2-4-6-13/h2-3,7-8,11,13H,4-6,9-10H2,1H3,(H,18,21). The van der Waals surface area contributed by atoms with E-state index in [1.54, 1.807) is 11.8 Å². The third-order valence-electron chi connectivity index (χ3n) is 4.26. The van der Waals surface area contributed by atoms with E-state index in [1.807, 2.05) is 18.2 Å². The summed E-state index contributed by atoms with van der Waals surface area (Å²) in [6.07, 6.45) is 7.80. The average Bonchev–Trinajstić information content (AvgIpc) is 2.91. The first-order valence-electron chi connectivity index (χ1n) is 7.52. The molecule has 1 heterocycles. The van der Waals surface area contributed by atoms with Crippen molar-refractivity contribution in [1.29, 1.82) is 0 Å². The van der Waals surface area contributed by atoms with Crippen molar-refractivity contribution < 1.29 is 9.59 Å². The zero-order valence-corrected chi connectivity index (χ0v) is 12.3. The van der Waals surface area contributed by atoms with Gasteiger partial charge in [0.1, 0.15) is 0 Å². The van der Waals surface area contributed by atoms with Gasteiger partial charge in [-0.15, -0.1) is 0 Å². The molecule has 1 aromatic rings. The van der Waals surface area contributed by atoms with Gasteiger partial charge in [-0.05, 0) is 49.4 Å². The lowest BCUT2D eigenvalue weighted by atomic mass is 9.93. The van der Waals surface area contributed by atoms with Crippen molar-refractivity contribution in [3.8, 4) is 0 Å². The van der Waals surface area contributed by atoms with Gasteiger partial charge in [-0.3, -0.25) is 9.59 Å². The van der Waals surface area contributed by atoms with Crippen LogP contribution in [0.2, 0.25) is 0 Å². The second kappa shape index (κ2) is 5.72. The maximum Gasteiger partial charge on any atom is 0.227 e. The summed E-state index contributed by atoms with van der Waals surface area (Å²) >= 11 is 0. The van der Waals surface area contributed by atoms with Gasteiger partial charge in [0.05, 0.1) is 0 Å². The maximum atomic E-state index is 12.2. The molecule has 0 fully saturated rings. The summed E-state index contributed by atoms with van der Waals surface area (Å²) < 4.78 is 0. The van der Waals surface area contributed by atoms with Crippen molar-refractivity contribution in [3.63, 3.8) is 0 Å². The lowest BCUT2D eigenvalue weighted by Gasteiger charge is -2.18. The van der Waals surface area contributed by atoms with E-state index >= 15 is 0 Å². The summed E-state index contributed by atoms with van der Waals surface area (Å²) in [6, 6.07) is 5.81. The van der Waals surface area contributed by atoms with Crippen molar-refractivity contribution >= 4 is 23.2 Å². The molecule has 1 atom stereocenters. The molecular formula is C17H20N2O2. The summed E-state index contributed by atoms with van der Waals surface area (Å²) in [6.45, 7) is 2.32. The van der Waals surface area contributed by atoms with Crippen LogP contribution < -0.4 is 10.2 Å². The highest BCUT2D eigenvalue weighted by Crippen LogP contribution is 2.31. The van der Waals surface area contributed by atoms with Gasteiger partial charge in [-0.1, -0.05) is 12.2 Å². The molecule has 1 aromatic carbocycles. The predicted octanol–water partition coefficient (Wildman–Crippen LogP) is 2.89. The fraction of sp³-hybridized carbons (Fsp3) is 0.412. The Balaban J connectivity index is 1.72. The summed E-state index contributed by atoms with van der Waals surface area (Å²) in [5.41, 5.74) is 2.94. The molecule has 0 bridgehead atoms. The minimum Gasteiger partial charge on any atom is -0.326 e. The second-order valence-electron chi connectivity index (χ2n) is 5.73. The summed E-state index contributed by atoms with van der Waals surface area (Å²) in [7, 11) is 0. The molecule has 0 radical (unpaired) electrons. The number of benzene rings is 1. The van der Waals surface area contributed by atoms with Crippen molar-refractivity contribution in [2.75, 3.05) is 16.8 Å². The largest absolute Gasteiger partial charge is 0.326 e. The molecule has 2 amide bonds. The Morgan fingerprint density at radius 2 is 2.14 bits per heavy atom. The van der Waals surface area contributed by atoms with Gasteiger partial charge in [0.2, 0.25) is 11.8 Å². The lowest BCUT2D eigenvalue weighted by Crippen LogP contribution is -2.25. The molecule has 21 heavy (non-hydrogen) atoms. The van der Waals surface area contributed by atoms with E-state index in [9.17, 15) is 9.59 Å². The number of rotatable bonds is 2. The zero-order chi connectivity index (χ0) is 14.8. The highest BCUT2D eigenvalue weighted by Gasteiger charge is 2.23. The average molecular weight is 284 g/mol. The first kappa shape index (κ1) is 13.9. The van der Waals surface area contributed by atoms with Crippen LogP contribution in [0.25, 0.3) is 0 Å². The summed E-state index contributed by atoms with van der Waals surface area (Å²) in [5, 5.41) is 3.01. The Labute approximate surface area is 124 Å². The number of carbonyl (C=O) groups excluding carboxylic acids is 2. The molecule has 0 spiro atoms. The number of allylic oxidation sites excluding steroid dienone is 2. The topological polar surface area (TPSA) is 49.4 Å². The fourth-order valence-corrected chi connectivity index (χ4v) is 3.08. The number of anilines is 2. The smallest absolute Gasteiger partial charge is 0.227 e. The van der Waals surface area contributed by atoms with Crippen LogP contribution in [0, 0.1) is 5.92 Å². The quantitative estimate of drug-likeness (QED) is 0.849. The molecule has 4 heteroatoms. The molecule has 4 nitrogen and oxygen atoms in total. The normalized spacial score (nSPS) is 20.2. The van der Waals surface area contributed by atoms with Gasteiger partial charge in [-0.2, -0.15) is 0 Å². The molecule has 3 rings (SSSR count). The number of carbonyl (C=O) groups is 2. The molecule has 0 saturated carbocycles. The van der Waals surface area contributed by atoms with Gasteiger partial charge in [0.25, 0.3) is 0 Å². The molecule has 1 aliphatic carbocycles. The van der Waals surface area contributed by atoms with Gasteiger partial charge >= 0.3 is 0 Å². The number of nitrogens with one attached hydrogen (secondary N) is 1. The van der Waals surface area contributed by atoms with E-state index in [2.05, 4.69) is 17.5 Å². The number of hydrogen-bond acceptors (Lipinski definition) is 2. The van der Waals surface area contributed by atoms with Crippen molar-refractivity contribution in [2.24, 2.45) is 5.92 Å². The lowest BCUT2D eigenvalue weighted by molar-refractivity contribution is -0.120. The van der Waals surface area contributed by atoms with Gasteiger partial charge in [0, 0.05) is 30.8 Å². The molecule has 1 aliphatic heterocycles. The van der Waals surface area contributed by atoms with Crippen molar-refractivity contribution in [1.82, 2.24) is 0 Å². The fourth-order valence-electron chi connectivity index (χ4n) is 3.08. The molecular weight excluding hydrogens is 264 g/mol. The monoisotopic (exact) mass is 284 g/mol. The molecule has 0 aromatic heterocycles. The number of hydrogen-bond donors (Lipinski definition) is 1. The van der Waals surface area contributed by atoms with E-state index in [1.165, 1.54) is 0 Å².